The summed E-state index contributed by atoms with van der Waals surface area (Å²) in [5.74, 6) is 0. The number of hydrogen-bond acceptors (Lipinski definition) is 1. The maximum Gasteiger partial charge on any atom is 0.136 e. The molecular formula is C20H11ClO. The van der Waals surface area contributed by atoms with E-state index in [9.17, 15) is 0 Å². The molecule has 0 fully saturated rings. The van der Waals surface area contributed by atoms with E-state index in [2.05, 4.69) is 48.5 Å². The molecule has 5 aromatic rings. The Hall–Kier alpha value is -2.51. The molecule has 0 aliphatic heterocycles. The van der Waals surface area contributed by atoms with Crippen LogP contribution in [0, 0.1) is 0 Å². The molecule has 1 aromatic heterocycles. The predicted octanol–water partition coefficient (Wildman–Crippen LogP) is 6.55. The molecule has 0 aliphatic carbocycles. The van der Waals surface area contributed by atoms with E-state index in [4.69, 9.17) is 16.0 Å². The number of rotatable bonds is 0. The van der Waals surface area contributed by atoms with E-state index in [1.165, 1.54) is 21.5 Å². The highest BCUT2D eigenvalue weighted by molar-refractivity contribution is 6.38. The van der Waals surface area contributed by atoms with Gasteiger partial charge in [0, 0.05) is 10.8 Å². The van der Waals surface area contributed by atoms with Gasteiger partial charge in [-0.2, -0.15) is 0 Å². The second-order valence-corrected chi connectivity index (χ2v) is 5.98. The SMILES string of the molecule is Clc1cccc2oc3cc4ccc5ccccc5c4cc3c12. The van der Waals surface area contributed by atoms with Gasteiger partial charge in [-0.25, -0.2) is 0 Å². The summed E-state index contributed by atoms with van der Waals surface area (Å²) in [5, 5.41) is 7.71. The summed E-state index contributed by atoms with van der Waals surface area (Å²) in [7, 11) is 0. The third-order valence-corrected chi connectivity index (χ3v) is 4.62. The van der Waals surface area contributed by atoms with Crippen LogP contribution < -0.4 is 0 Å². The number of hydrogen-bond donors (Lipinski definition) is 0. The van der Waals surface area contributed by atoms with Gasteiger partial charge in [0.2, 0.25) is 0 Å². The summed E-state index contributed by atoms with van der Waals surface area (Å²) in [4.78, 5) is 0. The molecule has 0 saturated carbocycles. The molecule has 0 atom stereocenters. The minimum atomic E-state index is 0.732. The van der Waals surface area contributed by atoms with Crippen LogP contribution in [0.2, 0.25) is 5.02 Å². The monoisotopic (exact) mass is 302 g/mol. The van der Waals surface area contributed by atoms with Crippen molar-refractivity contribution in [1.29, 1.82) is 0 Å². The van der Waals surface area contributed by atoms with Crippen LogP contribution in [-0.4, -0.2) is 0 Å². The van der Waals surface area contributed by atoms with Crippen molar-refractivity contribution in [3.05, 3.63) is 71.8 Å². The summed E-state index contributed by atoms with van der Waals surface area (Å²) >= 11 is 6.39. The fourth-order valence-electron chi connectivity index (χ4n) is 3.28. The first-order valence-electron chi connectivity index (χ1n) is 7.23. The molecule has 0 N–H and O–H groups in total. The molecule has 2 heteroatoms. The third-order valence-electron chi connectivity index (χ3n) is 4.31. The maximum atomic E-state index is 6.39. The largest absolute Gasteiger partial charge is 0.456 e. The lowest BCUT2D eigenvalue weighted by molar-refractivity contribution is 0.669. The number of benzene rings is 4. The average molecular weight is 303 g/mol. The Morgan fingerprint density at radius 1 is 0.636 bits per heavy atom. The van der Waals surface area contributed by atoms with E-state index in [0.717, 1.165) is 27.0 Å². The minimum absolute atomic E-state index is 0.732. The smallest absolute Gasteiger partial charge is 0.136 e. The van der Waals surface area contributed by atoms with Crippen LogP contribution in [0.25, 0.3) is 43.5 Å². The maximum absolute atomic E-state index is 6.39. The van der Waals surface area contributed by atoms with Gasteiger partial charge in [-0.05, 0) is 45.8 Å². The summed E-state index contributed by atoms with van der Waals surface area (Å²) in [5.41, 5.74) is 1.72. The molecule has 1 heterocycles. The van der Waals surface area contributed by atoms with Crippen LogP contribution in [0.15, 0.2) is 71.1 Å². The van der Waals surface area contributed by atoms with Crippen LogP contribution in [0.5, 0.6) is 0 Å². The fourth-order valence-corrected chi connectivity index (χ4v) is 3.55. The molecule has 0 saturated heterocycles. The zero-order valence-electron chi connectivity index (χ0n) is 11.6. The highest BCUT2D eigenvalue weighted by atomic mass is 35.5. The topological polar surface area (TPSA) is 13.1 Å². The van der Waals surface area contributed by atoms with E-state index in [1.54, 1.807) is 0 Å². The van der Waals surface area contributed by atoms with Crippen molar-refractivity contribution in [2.24, 2.45) is 0 Å². The summed E-state index contributed by atoms with van der Waals surface area (Å²) in [6, 6.07) is 22.8. The van der Waals surface area contributed by atoms with E-state index in [0.29, 0.717) is 0 Å². The predicted molar refractivity (Wildman–Crippen MR) is 93.7 cm³/mol. The van der Waals surface area contributed by atoms with Gasteiger partial charge >= 0.3 is 0 Å². The van der Waals surface area contributed by atoms with Crippen LogP contribution in [0.4, 0.5) is 0 Å². The minimum Gasteiger partial charge on any atom is -0.456 e. The number of halogens is 1. The van der Waals surface area contributed by atoms with Crippen molar-refractivity contribution in [2.75, 3.05) is 0 Å². The lowest BCUT2D eigenvalue weighted by Crippen LogP contribution is -1.78. The normalized spacial score (nSPS) is 11.9. The van der Waals surface area contributed by atoms with Gasteiger partial charge in [0.15, 0.2) is 0 Å². The Morgan fingerprint density at radius 3 is 2.45 bits per heavy atom. The van der Waals surface area contributed by atoms with E-state index in [1.807, 2.05) is 18.2 Å². The van der Waals surface area contributed by atoms with Crippen molar-refractivity contribution >= 4 is 55.1 Å². The second-order valence-electron chi connectivity index (χ2n) is 5.57. The van der Waals surface area contributed by atoms with E-state index >= 15 is 0 Å². The van der Waals surface area contributed by atoms with Gasteiger partial charge in [-0.1, -0.05) is 54.1 Å². The Bertz CT molecular complexity index is 1180. The second kappa shape index (κ2) is 4.25. The first kappa shape index (κ1) is 12.1. The zero-order valence-corrected chi connectivity index (χ0v) is 12.4. The van der Waals surface area contributed by atoms with Gasteiger partial charge in [0.1, 0.15) is 11.2 Å². The van der Waals surface area contributed by atoms with E-state index in [-0.39, 0.29) is 0 Å². The molecule has 0 spiro atoms. The Morgan fingerprint density at radius 2 is 1.50 bits per heavy atom. The Kier molecular flexibility index (Phi) is 2.33. The molecule has 104 valence electrons. The Labute approximate surface area is 131 Å². The first-order valence-corrected chi connectivity index (χ1v) is 7.61. The number of furan rings is 1. The highest BCUT2D eigenvalue weighted by Gasteiger charge is 2.12. The van der Waals surface area contributed by atoms with Crippen LogP contribution in [0.3, 0.4) is 0 Å². The Balaban J connectivity index is 2.06. The van der Waals surface area contributed by atoms with E-state index < -0.39 is 0 Å². The molecule has 0 unspecified atom stereocenters. The molecule has 4 aromatic carbocycles. The molecule has 1 nitrogen and oxygen atoms in total. The number of fused-ring (bicyclic) bond motifs is 6. The first-order chi connectivity index (χ1) is 10.8. The highest BCUT2D eigenvalue weighted by Crippen LogP contribution is 2.37. The van der Waals surface area contributed by atoms with Crippen LogP contribution >= 0.6 is 11.6 Å². The van der Waals surface area contributed by atoms with Gasteiger partial charge < -0.3 is 4.42 Å². The fraction of sp³-hybridized carbons (Fsp3) is 0. The summed E-state index contributed by atoms with van der Waals surface area (Å²) in [6.45, 7) is 0. The van der Waals surface area contributed by atoms with Gasteiger partial charge in [-0.15, -0.1) is 0 Å². The zero-order chi connectivity index (χ0) is 14.7. The summed E-state index contributed by atoms with van der Waals surface area (Å²) < 4.78 is 5.97. The molecule has 0 aliphatic rings. The molecule has 0 radical (unpaired) electrons. The van der Waals surface area contributed by atoms with Gasteiger partial charge in [0.05, 0.1) is 5.02 Å². The van der Waals surface area contributed by atoms with Crippen molar-refractivity contribution < 1.29 is 4.42 Å². The van der Waals surface area contributed by atoms with Crippen molar-refractivity contribution in [3.63, 3.8) is 0 Å². The van der Waals surface area contributed by atoms with Crippen molar-refractivity contribution in [2.45, 2.75) is 0 Å². The molecule has 0 bridgehead atoms. The average Bonchev–Trinajstić information content (AvgIpc) is 2.91. The van der Waals surface area contributed by atoms with Crippen LogP contribution in [-0.2, 0) is 0 Å². The molecular weight excluding hydrogens is 292 g/mol. The standard InChI is InChI=1S/C20H11ClO/c21-17-6-3-7-18-20(17)16-11-15-13(10-19(16)22-18)9-8-12-4-1-2-5-14(12)15/h1-11H. The molecule has 5 rings (SSSR count). The summed E-state index contributed by atoms with van der Waals surface area (Å²) in [6.07, 6.45) is 0. The van der Waals surface area contributed by atoms with Crippen molar-refractivity contribution in [3.8, 4) is 0 Å². The lowest BCUT2D eigenvalue weighted by Gasteiger charge is -2.04. The van der Waals surface area contributed by atoms with Gasteiger partial charge in [0.25, 0.3) is 0 Å². The van der Waals surface area contributed by atoms with Crippen LogP contribution in [0.1, 0.15) is 0 Å². The molecule has 22 heavy (non-hydrogen) atoms. The van der Waals surface area contributed by atoms with Gasteiger partial charge in [-0.3, -0.25) is 0 Å². The lowest BCUT2D eigenvalue weighted by atomic mass is 10.00. The molecule has 0 amide bonds. The third kappa shape index (κ3) is 1.54. The quantitative estimate of drug-likeness (QED) is 0.296. The van der Waals surface area contributed by atoms with Crippen molar-refractivity contribution in [1.82, 2.24) is 0 Å².